The number of allylic oxidation sites excluding steroid dienone is 1. The van der Waals surface area contributed by atoms with Crippen LogP contribution in [0.2, 0.25) is 0 Å². The van der Waals surface area contributed by atoms with E-state index in [1.54, 1.807) is 21.3 Å². The van der Waals surface area contributed by atoms with Crippen molar-refractivity contribution in [2.75, 3.05) is 34.5 Å². The number of methoxy groups -OCH3 is 3. The van der Waals surface area contributed by atoms with Gasteiger partial charge in [0.05, 0.1) is 34.5 Å². The molecule has 0 atom stereocenters. The quantitative estimate of drug-likeness (QED) is 0.520. The topological polar surface area (TPSA) is 46.2 Å². The van der Waals surface area contributed by atoms with Crippen LogP contribution in [-0.2, 0) is 0 Å². The summed E-state index contributed by atoms with van der Waals surface area (Å²) in [5, 5.41) is 0. The molecule has 0 aromatic heterocycles. The highest BCUT2D eigenvalue weighted by atomic mass is 16.5. The normalized spacial score (nSPS) is 10.7. The molecule has 0 aliphatic rings. The van der Waals surface area contributed by atoms with E-state index < -0.39 is 0 Å². The predicted octanol–water partition coefficient (Wildman–Crippen LogP) is 4.98. The maximum Gasteiger partial charge on any atom is 0.203 e. The Balaban J connectivity index is 1.80. The maximum absolute atomic E-state index is 5.85. The fourth-order valence-corrected chi connectivity index (χ4v) is 2.62. The highest BCUT2D eigenvalue weighted by Crippen LogP contribution is 2.36. The highest BCUT2D eigenvalue weighted by molar-refractivity contribution is 5.55. The van der Waals surface area contributed by atoms with Crippen molar-refractivity contribution in [3.05, 3.63) is 48.0 Å². The molecule has 0 heterocycles. The van der Waals surface area contributed by atoms with Crippen molar-refractivity contribution in [2.45, 2.75) is 19.8 Å². The van der Waals surface area contributed by atoms with Crippen molar-refractivity contribution in [1.82, 2.24) is 0 Å². The van der Waals surface area contributed by atoms with Gasteiger partial charge in [-0.15, -0.1) is 0 Å². The summed E-state index contributed by atoms with van der Waals surface area (Å²) in [5.41, 5.74) is 1.08. The number of rotatable bonds is 11. The molecule has 2 aromatic carbocycles. The summed E-state index contributed by atoms with van der Waals surface area (Å²) in [6, 6.07) is 11.5. The van der Waals surface area contributed by atoms with Crippen molar-refractivity contribution in [3.63, 3.8) is 0 Å². The van der Waals surface area contributed by atoms with Crippen molar-refractivity contribution < 1.29 is 23.7 Å². The SMILES string of the molecule is C/C=C/c1ccc(OCCCCOc2c(OC)cccc2OC)c(OC)c1. The first-order valence-electron chi connectivity index (χ1n) is 9.00. The highest BCUT2D eigenvalue weighted by Gasteiger charge is 2.11. The van der Waals surface area contributed by atoms with E-state index in [9.17, 15) is 0 Å². The van der Waals surface area contributed by atoms with Crippen molar-refractivity contribution >= 4 is 6.08 Å². The molecule has 2 rings (SSSR count). The van der Waals surface area contributed by atoms with Gasteiger partial charge in [-0.2, -0.15) is 0 Å². The van der Waals surface area contributed by atoms with Gasteiger partial charge in [0.15, 0.2) is 23.0 Å². The number of para-hydroxylation sites is 1. The molecule has 0 amide bonds. The number of hydrogen-bond donors (Lipinski definition) is 0. The van der Waals surface area contributed by atoms with Gasteiger partial charge in [-0.1, -0.05) is 24.3 Å². The molecule has 0 saturated heterocycles. The molecule has 0 aliphatic carbocycles. The second kappa shape index (κ2) is 11.0. The van der Waals surface area contributed by atoms with E-state index in [0.29, 0.717) is 30.5 Å². The first-order valence-corrected chi connectivity index (χ1v) is 9.00. The zero-order valence-electron chi connectivity index (χ0n) is 16.5. The summed E-state index contributed by atoms with van der Waals surface area (Å²) in [6.45, 7) is 3.13. The summed E-state index contributed by atoms with van der Waals surface area (Å²) in [6.07, 6.45) is 5.72. The fraction of sp³-hybridized carbons (Fsp3) is 0.364. The van der Waals surface area contributed by atoms with Gasteiger partial charge < -0.3 is 23.7 Å². The average Bonchev–Trinajstić information content (AvgIpc) is 2.71. The van der Waals surface area contributed by atoms with Crippen LogP contribution in [0.1, 0.15) is 25.3 Å². The Morgan fingerprint density at radius 3 is 1.96 bits per heavy atom. The van der Waals surface area contributed by atoms with E-state index in [2.05, 4.69) is 0 Å². The lowest BCUT2D eigenvalue weighted by atomic mass is 10.2. The van der Waals surface area contributed by atoms with E-state index in [1.165, 1.54) is 0 Å². The van der Waals surface area contributed by atoms with Crippen LogP contribution in [0.5, 0.6) is 28.7 Å². The fourth-order valence-electron chi connectivity index (χ4n) is 2.62. The summed E-state index contributed by atoms with van der Waals surface area (Å²) in [5.74, 6) is 3.44. The molecule has 146 valence electrons. The summed E-state index contributed by atoms with van der Waals surface area (Å²) < 4.78 is 27.8. The Bertz CT molecular complexity index is 717. The predicted molar refractivity (Wildman–Crippen MR) is 107 cm³/mol. The second-order valence-corrected chi connectivity index (χ2v) is 5.81. The standard InChI is InChI=1S/C22H28O5/c1-5-9-17-12-13-18(21(16-17)25-4)26-14-6-7-15-27-22-19(23-2)10-8-11-20(22)24-3/h5,8-13,16H,6-7,14-15H2,1-4H3/b9-5+. The van der Waals surface area contributed by atoms with Crippen LogP contribution >= 0.6 is 0 Å². The minimum Gasteiger partial charge on any atom is -0.493 e. The summed E-state index contributed by atoms with van der Waals surface area (Å²) in [4.78, 5) is 0. The first-order chi connectivity index (χ1) is 13.2. The molecule has 5 heteroatoms. The number of benzene rings is 2. The largest absolute Gasteiger partial charge is 0.493 e. The average molecular weight is 372 g/mol. The molecule has 27 heavy (non-hydrogen) atoms. The molecule has 5 nitrogen and oxygen atoms in total. The van der Waals surface area contributed by atoms with Gasteiger partial charge in [-0.25, -0.2) is 0 Å². The molecule has 0 unspecified atom stereocenters. The minimum atomic E-state index is 0.553. The Labute approximate surface area is 161 Å². The van der Waals surface area contributed by atoms with E-state index >= 15 is 0 Å². The van der Waals surface area contributed by atoms with Crippen LogP contribution in [0.3, 0.4) is 0 Å². The van der Waals surface area contributed by atoms with Crippen LogP contribution in [-0.4, -0.2) is 34.5 Å². The summed E-state index contributed by atoms with van der Waals surface area (Å²) in [7, 11) is 4.88. The zero-order valence-corrected chi connectivity index (χ0v) is 16.5. The van der Waals surface area contributed by atoms with Gasteiger partial charge in [0, 0.05) is 0 Å². The lowest BCUT2D eigenvalue weighted by Crippen LogP contribution is -2.05. The maximum atomic E-state index is 5.85. The van der Waals surface area contributed by atoms with Gasteiger partial charge in [0.1, 0.15) is 0 Å². The molecule has 0 saturated carbocycles. The third-order valence-corrected chi connectivity index (χ3v) is 3.97. The van der Waals surface area contributed by atoms with Crippen LogP contribution in [0.15, 0.2) is 42.5 Å². The van der Waals surface area contributed by atoms with Crippen molar-refractivity contribution in [1.29, 1.82) is 0 Å². The smallest absolute Gasteiger partial charge is 0.203 e. The lowest BCUT2D eigenvalue weighted by molar-refractivity contribution is 0.244. The molecule has 2 aromatic rings. The van der Waals surface area contributed by atoms with Gasteiger partial charge in [0.25, 0.3) is 0 Å². The summed E-state index contributed by atoms with van der Waals surface area (Å²) >= 11 is 0. The molecular formula is C22H28O5. The monoisotopic (exact) mass is 372 g/mol. The minimum absolute atomic E-state index is 0.553. The second-order valence-electron chi connectivity index (χ2n) is 5.81. The van der Waals surface area contributed by atoms with Crippen LogP contribution in [0, 0.1) is 0 Å². The molecule has 0 fully saturated rings. The first kappa shape index (κ1) is 20.5. The Hall–Kier alpha value is -2.82. The van der Waals surface area contributed by atoms with E-state index in [-0.39, 0.29) is 0 Å². The number of ether oxygens (including phenoxy) is 5. The van der Waals surface area contributed by atoms with Crippen molar-refractivity contribution in [2.24, 2.45) is 0 Å². The Morgan fingerprint density at radius 1 is 0.741 bits per heavy atom. The van der Waals surface area contributed by atoms with Crippen LogP contribution < -0.4 is 23.7 Å². The molecular weight excluding hydrogens is 344 g/mol. The van der Waals surface area contributed by atoms with Crippen LogP contribution in [0.4, 0.5) is 0 Å². The van der Waals surface area contributed by atoms with E-state index in [0.717, 1.165) is 29.9 Å². The zero-order chi connectivity index (χ0) is 19.5. The van der Waals surface area contributed by atoms with Crippen molar-refractivity contribution in [3.8, 4) is 28.7 Å². The Kier molecular flexibility index (Phi) is 8.36. The lowest BCUT2D eigenvalue weighted by Gasteiger charge is -2.14. The van der Waals surface area contributed by atoms with E-state index in [4.69, 9.17) is 23.7 Å². The molecule has 0 bridgehead atoms. The third-order valence-electron chi connectivity index (χ3n) is 3.97. The number of hydrogen-bond acceptors (Lipinski definition) is 5. The van der Waals surface area contributed by atoms with Gasteiger partial charge in [-0.05, 0) is 49.6 Å². The number of unbranched alkanes of at least 4 members (excludes halogenated alkanes) is 1. The van der Waals surface area contributed by atoms with E-state index in [1.807, 2.05) is 55.5 Å². The molecule has 0 aliphatic heterocycles. The molecule has 0 radical (unpaired) electrons. The van der Waals surface area contributed by atoms with Gasteiger partial charge in [0.2, 0.25) is 5.75 Å². The van der Waals surface area contributed by atoms with Gasteiger partial charge in [-0.3, -0.25) is 0 Å². The molecule has 0 spiro atoms. The third kappa shape index (κ3) is 5.84. The Morgan fingerprint density at radius 2 is 1.37 bits per heavy atom. The van der Waals surface area contributed by atoms with Crippen LogP contribution in [0.25, 0.3) is 6.08 Å². The molecule has 0 N–H and O–H groups in total. The van der Waals surface area contributed by atoms with Gasteiger partial charge >= 0.3 is 0 Å².